The summed E-state index contributed by atoms with van der Waals surface area (Å²) in [6, 6.07) is 5.77. The van der Waals surface area contributed by atoms with E-state index >= 15 is 0 Å². The van der Waals surface area contributed by atoms with Crippen LogP contribution in [0.1, 0.15) is 53.4 Å². The van der Waals surface area contributed by atoms with Gasteiger partial charge >= 0.3 is 5.97 Å². The Labute approximate surface area is 315 Å². The number of carbonyl (C=O) groups is 1. The van der Waals surface area contributed by atoms with E-state index in [0.29, 0.717) is 12.0 Å². The van der Waals surface area contributed by atoms with Crippen LogP contribution in [0.3, 0.4) is 0 Å². The fourth-order valence-electron chi connectivity index (χ4n) is 6.66. The third-order valence-corrected chi connectivity index (χ3v) is 9.49. The Bertz CT molecular complexity index is 1610. The van der Waals surface area contributed by atoms with Crippen LogP contribution in [-0.4, -0.2) is 158 Å². The summed E-state index contributed by atoms with van der Waals surface area (Å²) >= 11 is 0. The highest BCUT2D eigenvalue weighted by Gasteiger charge is 2.50. The van der Waals surface area contributed by atoms with Crippen molar-refractivity contribution in [1.29, 1.82) is 0 Å². The molecule has 308 valence electrons. The van der Waals surface area contributed by atoms with Crippen LogP contribution in [0.25, 0.3) is 0 Å². The number of aromatic carboxylic acids is 1. The smallest absolute Gasteiger partial charge is 0.343 e. The second kappa shape index (κ2) is 18.3. The minimum Gasteiger partial charge on any atom is -0.504 e. The zero-order valence-electron chi connectivity index (χ0n) is 30.6. The van der Waals surface area contributed by atoms with Gasteiger partial charge < -0.3 is 89.0 Å². The molecule has 13 atom stereocenters. The molecule has 2 aromatic rings. The van der Waals surface area contributed by atoms with Crippen molar-refractivity contribution in [2.45, 2.75) is 114 Å². The van der Waals surface area contributed by atoms with E-state index in [2.05, 4.69) is 0 Å². The van der Waals surface area contributed by atoms with Crippen LogP contribution in [-0.2, 0) is 35.0 Å². The maximum atomic E-state index is 12.4. The topological polar surface area (TPSA) is 293 Å². The average Bonchev–Trinajstić information content (AvgIpc) is 3.40. The normalized spacial score (nSPS) is 33.1. The van der Waals surface area contributed by atoms with Crippen molar-refractivity contribution in [3.8, 4) is 23.0 Å². The van der Waals surface area contributed by atoms with E-state index in [-0.39, 0.29) is 46.6 Å². The largest absolute Gasteiger partial charge is 0.504 e. The van der Waals surface area contributed by atoms with E-state index in [1.165, 1.54) is 25.3 Å². The van der Waals surface area contributed by atoms with Gasteiger partial charge in [0.15, 0.2) is 30.4 Å². The number of aromatic hydroxyl groups is 1. The number of phenolic OH excluding ortho intramolecular Hbond substituents is 1. The monoisotopic (exact) mass is 786 g/mol. The van der Waals surface area contributed by atoms with Crippen molar-refractivity contribution in [1.82, 2.24) is 0 Å². The van der Waals surface area contributed by atoms with Gasteiger partial charge in [-0.25, -0.2) is 4.79 Å². The van der Waals surface area contributed by atoms with E-state index < -0.39 is 111 Å². The van der Waals surface area contributed by atoms with Gasteiger partial charge in [-0.3, -0.25) is 0 Å². The van der Waals surface area contributed by atoms with Crippen molar-refractivity contribution < 1.29 is 93.8 Å². The molecule has 0 bridgehead atoms. The molecule has 55 heavy (non-hydrogen) atoms. The Kier molecular flexibility index (Phi) is 14.3. The summed E-state index contributed by atoms with van der Waals surface area (Å²) in [5, 5.41) is 105. The highest BCUT2D eigenvalue weighted by Crippen LogP contribution is 2.43. The summed E-state index contributed by atoms with van der Waals surface area (Å²) in [6.45, 7) is 3.67. The first-order chi connectivity index (χ1) is 26.1. The molecule has 0 saturated carbocycles. The van der Waals surface area contributed by atoms with Crippen molar-refractivity contribution >= 4 is 5.97 Å². The lowest BCUT2D eigenvalue weighted by atomic mass is 9.96. The number of benzene rings is 2. The molecule has 3 heterocycles. The van der Waals surface area contributed by atoms with Crippen LogP contribution < -0.4 is 9.47 Å². The Morgan fingerprint density at radius 2 is 1.58 bits per heavy atom. The van der Waals surface area contributed by atoms with E-state index in [9.17, 15) is 55.9 Å². The minimum atomic E-state index is -1.73. The van der Waals surface area contributed by atoms with Gasteiger partial charge in [-0.05, 0) is 49.1 Å². The van der Waals surface area contributed by atoms with E-state index in [1.807, 2.05) is 13.8 Å². The van der Waals surface area contributed by atoms with Gasteiger partial charge in [0.25, 0.3) is 0 Å². The van der Waals surface area contributed by atoms with Gasteiger partial charge in [0.1, 0.15) is 72.0 Å². The van der Waals surface area contributed by atoms with Gasteiger partial charge in [0, 0.05) is 11.1 Å². The average molecular weight is 787 g/mol. The fourth-order valence-corrected chi connectivity index (χ4v) is 6.66. The summed E-state index contributed by atoms with van der Waals surface area (Å²) in [5.74, 6) is -2.19. The maximum Gasteiger partial charge on any atom is 0.343 e. The first kappa shape index (κ1) is 42.9. The summed E-state index contributed by atoms with van der Waals surface area (Å²) in [4.78, 5) is 12.4. The van der Waals surface area contributed by atoms with Gasteiger partial charge in [0.2, 0.25) is 0 Å². The molecule has 0 spiro atoms. The lowest BCUT2D eigenvalue weighted by Crippen LogP contribution is -2.60. The van der Waals surface area contributed by atoms with Crippen molar-refractivity contribution in [3.05, 3.63) is 46.5 Å². The third kappa shape index (κ3) is 9.49. The zero-order valence-corrected chi connectivity index (χ0v) is 30.6. The molecule has 0 amide bonds. The predicted molar refractivity (Wildman–Crippen MR) is 183 cm³/mol. The number of ether oxygens (including phenoxy) is 8. The number of methoxy groups -OCH3 is 1. The molecule has 0 radical (unpaired) electrons. The fraction of sp³-hybridized carbons (Fsp3) is 0.639. The van der Waals surface area contributed by atoms with Crippen LogP contribution in [0.5, 0.6) is 23.0 Å². The molecule has 3 aliphatic rings. The van der Waals surface area contributed by atoms with Crippen LogP contribution in [0.15, 0.2) is 24.3 Å². The molecule has 19 heteroatoms. The standard InChI is InChI=1S/C36H50O19/c1-14(2)7-18(38)17-5-6-21(24(33(46)47)31(17)48-4)52-30-16(8-15(3)9-19(30)39)11-49-34-27(43)26(42)23(13-51-34)54-35-29(45)32(20(40)12-50-35)55-36-28(44)25(41)22(10-37)53-36/h5-6,8-9,14,18,20,22-23,25-29,32,34-45H,7,10-13H2,1-4H3,(H,46,47). The molecule has 0 aromatic heterocycles. The predicted octanol–water partition coefficient (Wildman–Crippen LogP) is -0.839. The van der Waals surface area contributed by atoms with Gasteiger partial charge in [0.05, 0.1) is 39.6 Å². The SMILES string of the molecule is COc1c(C(O)CC(C)C)ccc(Oc2c(O)cc(C)cc2COC2OCC(OC3OCC(O)C(OC4OC(CO)C(O)C4O)C3O)C(O)C2O)c1C(=O)O. The molecule has 3 aliphatic heterocycles. The molecule has 19 nitrogen and oxygen atoms in total. The summed E-state index contributed by atoms with van der Waals surface area (Å²) < 4.78 is 44.7. The van der Waals surface area contributed by atoms with Gasteiger partial charge in [-0.2, -0.15) is 0 Å². The van der Waals surface area contributed by atoms with Gasteiger partial charge in [-0.15, -0.1) is 0 Å². The molecule has 3 saturated heterocycles. The number of aryl methyl sites for hydroxylation is 1. The van der Waals surface area contributed by atoms with Crippen LogP contribution in [0.4, 0.5) is 0 Å². The molecule has 3 fully saturated rings. The Morgan fingerprint density at radius 3 is 2.22 bits per heavy atom. The van der Waals surface area contributed by atoms with Crippen molar-refractivity contribution in [2.75, 3.05) is 26.9 Å². The van der Waals surface area contributed by atoms with E-state index in [0.717, 1.165) is 0 Å². The molecule has 13 unspecified atom stereocenters. The highest BCUT2D eigenvalue weighted by atomic mass is 16.7. The first-order valence-electron chi connectivity index (χ1n) is 17.7. The molecular formula is C36H50O19. The number of hydrogen-bond donors (Lipinski definition) is 10. The molecule has 10 N–H and O–H groups in total. The first-order valence-corrected chi connectivity index (χ1v) is 17.7. The van der Waals surface area contributed by atoms with Crippen LogP contribution in [0, 0.1) is 12.8 Å². The number of phenols is 1. The third-order valence-electron chi connectivity index (χ3n) is 9.49. The van der Waals surface area contributed by atoms with Crippen molar-refractivity contribution in [3.63, 3.8) is 0 Å². The zero-order chi connectivity index (χ0) is 40.3. The number of aliphatic hydroxyl groups is 8. The lowest BCUT2D eigenvalue weighted by Gasteiger charge is -2.42. The van der Waals surface area contributed by atoms with Crippen LogP contribution in [0.2, 0.25) is 0 Å². The van der Waals surface area contributed by atoms with Crippen molar-refractivity contribution in [2.24, 2.45) is 5.92 Å². The maximum absolute atomic E-state index is 12.4. The van der Waals surface area contributed by atoms with E-state index in [1.54, 1.807) is 13.0 Å². The Balaban J connectivity index is 1.25. The highest BCUT2D eigenvalue weighted by molar-refractivity contribution is 5.95. The Hall–Kier alpha value is -3.25. The second-order valence-electron chi connectivity index (χ2n) is 14.1. The van der Waals surface area contributed by atoms with E-state index in [4.69, 9.17) is 37.9 Å². The van der Waals surface area contributed by atoms with Crippen LogP contribution >= 0.6 is 0 Å². The molecular weight excluding hydrogens is 736 g/mol. The summed E-state index contributed by atoms with van der Waals surface area (Å²) in [6.07, 6.45) is -18.7. The summed E-state index contributed by atoms with van der Waals surface area (Å²) in [7, 11) is 1.26. The summed E-state index contributed by atoms with van der Waals surface area (Å²) in [5.41, 5.74) is 0.626. The number of carboxylic acid groups (broad SMARTS) is 1. The Morgan fingerprint density at radius 1 is 0.891 bits per heavy atom. The quantitative estimate of drug-likeness (QED) is 0.105. The molecule has 5 rings (SSSR count). The number of hydrogen-bond acceptors (Lipinski definition) is 18. The second-order valence-corrected chi connectivity index (χ2v) is 14.1. The number of rotatable bonds is 15. The number of carboxylic acids is 1. The molecule has 2 aromatic carbocycles. The lowest BCUT2D eigenvalue weighted by molar-refractivity contribution is -0.342. The van der Waals surface area contributed by atoms with Gasteiger partial charge in [-0.1, -0.05) is 13.8 Å². The number of aliphatic hydroxyl groups excluding tert-OH is 8. The minimum absolute atomic E-state index is 0.0946. The molecule has 0 aliphatic carbocycles.